The highest BCUT2D eigenvalue weighted by atomic mass is 15.2. The predicted octanol–water partition coefficient (Wildman–Crippen LogP) is 12.2. The van der Waals surface area contributed by atoms with E-state index in [0.717, 1.165) is 16.8 Å². The number of rotatable bonds is 7. The molecule has 0 radical (unpaired) electrons. The van der Waals surface area contributed by atoms with Gasteiger partial charge in [-0.15, -0.1) is 0 Å². The van der Waals surface area contributed by atoms with E-state index in [1.54, 1.807) is 0 Å². The van der Waals surface area contributed by atoms with Crippen molar-refractivity contribution in [1.29, 1.82) is 0 Å². The first-order valence-electron chi connectivity index (χ1n) is 17.3. The molecule has 2 aliphatic carbocycles. The Bertz CT molecular complexity index is 2430. The molecule has 0 saturated heterocycles. The van der Waals surface area contributed by atoms with Gasteiger partial charge in [0.05, 0.1) is 6.04 Å². The normalized spacial score (nSPS) is 17.6. The predicted molar refractivity (Wildman–Crippen MR) is 213 cm³/mol. The Balaban J connectivity index is 0.978. The molecule has 0 spiro atoms. The average molecular weight is 641 g/mol. The van der Waals surface area contributed by atoms with E-state index in [2.05, 4.69) is 199 Å². The van der Waals surface area contributed by atoms with Crippen LogP contribution < -0.4 is 10.2 Å². The van der Waals surface area contributed by atoms with Crippen LogP contribution in [0.25, 0.3) is 33.0 Å². The number of allylic oxidation sites excluding steroid dienone is 7. The maximum absolute atomic E-state index is 4.37. The van der Waals surface area contributed by atoms with Crippen LogP contribution >= 0.6 is 0 Å². The summed E-state index contributed by atoms with van der Waals surface area (Å²) in [5.41, 5.74) is 14.5. The van der Waals surface area contributed by atoms with Gasteiger partial charge in [-0.1, -0.05) is 158 Å². The van der Waals surface area contributed by atoms with Crippen molar-refractivity contribution in [3.63, 3.8) is 0 Å². The first-order chi connectivity index (χ1) is 24.7. The lowest BCUT2D eigenvalue weighted by atomic mass is 9.88. The Labute approximate surface area is 294 Å². The third-order valence-corrected chi connectivity index (χ3v) is 10.2. The van der Waals surface area contributed by atoms with E-state index in [-0.39, 0.29) is 12.0 Å². The minimum atomic E-state index is 0.221. The number of nitrogens with one attached hydrogen (secondary N) is 1. The molecule has 0 amide bonds. The third kappa shape index (κ3) is 5.23. The van der Waals surface area contributed by atoms with Gasteiger partial charge in [-0.25, -0.2) is 0 Å². The fourth-order valence-corrected chi connectivity index (χ4v) is 7.79. The summed E-state index contributed by atoms with van der Waals surface area (Å²) < 4.78 is 0. The minimum absolute atomic E-state index is 0.221. The average Bonchev–Trinajstić information content (AvgIpc) is 3.65. The number of anilines is 3. The monoisotopic (exact) mass is 640 g/mol. The lowest BCUT2D eigenvalue weighted by Crippen LogP contribution is -2.29. The molecule has 2 heteroatoms. The van der Waals surface area contributed by atoms with Crippen LogP contribution in [0.4, 0.5) is 17.1 Å². The molecule has 0 aromatic heterocycles. The van der Waals surface area contributed by atoms with Crippen molar-refractivity contribution in [3.8, 4) is 11.1 Å². The molecule has 0 fully saturated rings. The second-order valence-corrected chi connectivity index (χ2v) is 13.1. The van der Waals surface area contributed by atoms with Gasteiger partial charge in [0.1, 0.15) is 0 Å². The van der Waals surface area contributed by atoms with Gasteiger partial charge < -0.3 is 10.2 Å². The Morgan fingerprint density at radius 2 is 1.42 bits per heavy atom. The van der Waals surface area contributed by atoms with Crippen molar-refractivity contribution in [2.75, 3.05) is 10.2 Å². The van der Waals surface area contributed by atoms with Crippen molar-refractivity contribution < 1.29 is 0 Å². The van der Waals surface area contributed by atoms with Crippen LogP contribution in [0.3, 0.4) is 0 Å². The van der Waals surface area contributed by atoms with Crippen molar-refractivity contribution in [1.82, 2.24) is 0 Å². The number of nitrogens with zero attached hydrogens (tertiary/aromatic N) is 1. The summed E-state index contributed by atoms with van der Waals surface area (Å²) in [4.78, 5) is 2.53. The van der Waals surface area contributed by atoms with E-state index < -0.39 is 0 Å². The molecular weight excluding hydrogens is 605 g/mol. The van der Waals surface area contributed by atoms with Crippen LogP contribution in [0, 0.1) is 0 Å². The summed E-state index contributed by atoms with van der Waals surface area (Å²) in [7, 11) is 0. The molecule has 0 bridgehead atoms. The summed E-state index contributed by atoms with van der Waals surface area (Å²) in [5, 5.41) is 6.02. The molecule has 3 aliphatic rings. The summed E-state index contributed by atoms with van der Waals surface area (Å²) in [6.45, 7) is 4.37. The van der Waals surface area contributed by atoms with Crippen molar-refractivity contribution in [2.24, 2.45) is 0 Å². The fraction of sp³-hybridized carbons (Fsp3) is 0.0417. The minimum Gasteiger partial charge on any atom is -0.362 e. The fourth-order valence-electron chi connectivity index (χ4n) is 7.79. The van der Waals surface area contributed by atoms with E-state index in [1.165, 1.54) is 61.1 Å². The molecule has 1 aliphatic heterocycles. The number of fused-ring (bicyclic) bond motifs is 7. The van der Waals surface area contributed by atoms with Gasteiger partial charge in [-0.3, -0.25) is 0 Å². The molecule has 6 aromatic carbocycles. The number of hydrogen-bond acceptors (Lipinski definition) is 2. The van der Waals surface area contributed by atoms with Gasteiger partial charge in [-0.2, -0.15) is 0 Å². The maximum atomic E-state index is 4.37. The number of hydrogen-bond donors (Lipinski definition) is 1. The molecule has 2 unspecified atom stereocenters. The van der Waals surface area contributed by atoms with Gasteiger partial charge in [-0.05, 0) is 85.8 Å². The Morgan fingerprint density at radius 1 is 0.680 bits per heavy atom. The molecule has 1 heterocycles. The second-order valence-electron chi connectivity index (χ2n) is 13.1. The van der Waals surface area contributed by atoms with Gasteiger partial charge in [0.2, 0.25) is 0 Å². The van der Waals surface area contributed by atoms with Crippen LogP contribution in [-0.4, -0.2) is 6.04 Å². The molecule has 6 aromatic rings. The molecule has 50 heavy (non-hydrogen) atoms. The van der Waals surface area contributed by atoms with Gasteiger partial charge >= 0.3 is 0 Å². The van der Waals surface area contributed by atoms with Crippen LogP contribution in [0.2, 0.25) is 0 Å². The Kier molecular flexibility index (Phi) is 7.48. The highest BCUT2D eigenvalue weighted by Gasteiger charge is 2.38. The molecule has 2 nitrogen and oxygen atoms in total. The summed E-state index contributed by atoms with van der Waals surface area (Å²) in [6.07, 6.45) is 17.8. The van der Waals surface area contributed by atoms with E-state index >= 15 is 0 Å². The zero-order valence-electron chi connectivity index (χ0n) is 27.7. The van der Waals surface area contributed by atoms with Crippen LogP contribution in [-0.2, 0) is 0 Å². The van der Waals surface area contributed by atoms with E-state index in [1.807, 2.05) is 6.20 Å². The van der Waals surface area contributed by atoms with Crippen molar-refractivity contribution in [2.45, 2.75) is 12.0 Å². The van der Waals surface area contributed by atoms with E-state index in [9.17, 15) is 0 Å². The Hall–Kier alpha value is -6.38. The molecule has 238 valence electrons. The van der Waals surface area contributed by atoms with Gasteiger partial charge in [0, 0.05) is 34.6 Å². The Morgan fingerprint density at radius 3 is 2.34 bits per heavy atom. The maximum Gasteiger partial charge on any atom is 0.0630 e. The first kappa shape index (κ1) is 29.7. The van der Waals surface area contributed by atoms with Gasteiger partial charge in [0.25, 0.3) is 0 Å². The number of para-hydroxylation sites is 1. The summed E-state index contributed by atoms with van der Waals surface area (Å²) >= 11 is 0. The van der Waals surface area contributed by atoms with E-state index in [0.29, 0.717) is 0 Å². The summed E-state index contributed by atoms with van der Waals surface area (Å²) in [5.74, 6) is 0.263. The van der Waals surface area contributed by atoms with Crippen LogP contribution in [0.15, 0.2) is 200 Å². The lowest BCUT2D eigenvalue weighted by molar-refractivity contribution is 0.742. The van der Waals surface area contributed by atoms with Crippen LogP contribution in [0.1, 0.15) is 28.2 Å². The van der Waals surface area contributed by atoms with Crippen molar-refractivity contribution in [3.05, 3.63) is 223 Å². The molecule has 2 atom stereocenters. The van der Waals surface area contributed by atoms with Crippen molar-refractivity contribution >= 4 is 39.0 Å². The molecule has 9 rings (SSSR count). The SMILES string of the molecule is C=C1c2ccccc2-c2ccc(N/C=C/C=C(\C=C/C3=CC4c5ccccc5N(c5cccc6ccccc56)C4C=C3)c3ccccc3)cc21. The highest BCUT2D eigenvalue weighted by molar-refractivity contribution is 6.01. The van der Waals surface area contributed by atoms with E-state index in [4.69, 9.17) is 0 Å². The standard InChI is InChI=1S/C48H36N2/c1-33-39-18-7-8-20-41(39)42-28-27-38(32-44(33)42)49-30-12-17-36(35-13-3-2-4-14-35)26-24-34-25-29-48-45(31-34)43-21-9-10-22-47(43)50(48)46-23-11-16-37-15-5-6-19-40(37)46/h2-32,45,48-49H,1H2/b26-24-,30-12+,36-17+. The quantitative estimate of drug-likeness (QED) is 0.174. The largest absolute Gasteiger partial charge is 0.362 e. The first-order valence-corrected chi connectivity index (χ1v) is 17.3. The lowest BCUT2D eigenvalue weighted by Gasteiger charge is -2.30. The number of benzene rings is 6. The molecule has 0 saturated carbocycles. The highest BCUT2D eigenvalue weighted by Crippen LogP contribution is 2.50. The third-order valence-electron chi connectivity index (χ3n) is 10.2. The van der Waals surface area contributed by atoms with Crippen LogP contribution in [0.5, 0.6) is 0 Å². The van der Waals surface area contributed by atoms with Gasteiger partial charge in [0.15, 0.2) is 0 Å². The summed E-state index contributed by atoms with van der Waals surface area (Å²) in [6, 6.07) is 50.0. The molecular formula is C48H36N2. The second kappa shape index (κ2) is 12.6. The zero-order chi connectivity index (χ0) is 33.4. The zero-order valence-corrected chi connectivity index (χ0v) is 27.7. The molecule has 1 N–H and O–H groups in total. The smallest absolute Gasteiger partial charge is 0.0630 e. The topological polar surface area (TPSA) is 15.3 Å².